The Labute approximate surface area is 159 Å². The number of allylic oxidation sites excluding steroid dienone is 1. The van der Waals surface area contributed by atoms with E-state index in [1.165, 1.54) is 51.4 Å². The molecule has 2 heteroatoms. The SMILES string of the molecule is C[C@H](C=CC=O)[C@@]1(O)CC[C@H]2[C@@H]3CCC4CCCC[C@]4(C)[C@H]3CC[C@@]21C. The summed E-state index contributed by atoms with van der Waals surface area (Å²) in [5, 5.41) is 11.8. The van der Waals surface area contributed by atoms with Gasteiger partial charge >= 0.3 is 0 Å². The standard InChI is InChI=1S/C24H38O2/c1-17(7-6-16-25)24(26)15-12-21-19-10-9-18-8-4-5-13-22(18,2)20(19)11-14-23(21,24)3/h6-7,16-21,26H,4-5,8-15H2,1-3H3/t17-,18?,19-,20+,21+,22+,23+,24+/m1/s1. The molecule has 0 aromatic carbocycles. The maximum absolute atomic E-state index is 11.8. The van der Waals surface area contributed by atoms with Gasteiger partial charge in [-0.05, 0) is 91.9 Å². The van der Waals surface area contributed by atoms with Gasteiger partial charge in [-0.25, -0.2) is 0 Å². The van der Waals surface area contributed by atoms with Crippen LogP contribution in [0.2, 0.25) is 0 Å². The molecule has 0 saturated heterocycles. The smallest absolute Gasteiger partial charge is 0.142 e. The molecule has 0 aliphatic heterocycles. The molecule has 8 atom stereocenters. The summed E-state index contributed by atoms with van der Waals surface area (Å²) in [6.07, 6.45) is 17.5. The predicted octanol–water partition coefficient (Wildman–Crippen LogP) is 5.54. The first-order valence-electron chi connectivity index (χ1n) is 11.2. The zero-order valence-corrected chi connectivity index (χ0v) is 17.0. The molecule has 4 aliphatic carbocycles. The number of carbonyl (C=O) groups excluding carboxylic acids is 1. The molecule has 0 bridgehead atoms. The van der Waals surface area contributed by atoms with Gasteiger partial charge in [-0.2, -0.15) is 0 Å². The summed E-state index contributed by atoms with van der Waals surface area (Å²) in [7, 11) is 0. The number of aldehydes is 1. The first kappa shape index (κ1) is 18.7. The second-order valence-electron chi connectivity index (χ2n) is 10.6. The third kappa shape index (κ3) is 2.43. The van der Waals surface area contributed by atoms with Crippen molar-refractivity contribution in [2.45, 2.75) is 90.6 Å². The number of rotatable bonds is 3. The largest absolute Gasteiger partial charge is 0.389 e. The van der Waals surface area contributed by atoms with E-state index in [2.05, 4.69) is 20.8 Å². The van der Waals surface area contributed by atoms with Crippen LogP contribution in [0.1, 0.15) is 85.0 Å². The molecule has 0 spiro atoms. The van der Waals surface area contributed by atoms with Crippen molar-refractivity contribution in [3.05, 3.63) is 12.2 Å². The zero-order chi connectivity index (χ0) is 18.6. The van der Waals surface area contributed by atoms with Gasteiger partial charge in [0.05, 0.1) is 5.60 Å². The van der Waals surface area contributed by atoms with E-state index in [-0.39, 0.29) is 11.3 Å². The van der Waals surface area contributed by atoms with Crippen molar-refractivity contribution in [3.63, 3.8) is 0 Å². The molecule has 0 aromatic rings. The molecule has 4 rings (SSSR count). The van der Waals surface area contributed by atoms with E-state index in [4.69, 9.17) is 0 Å². The molecular weight excluding hydrogens is 320 g/mol. The summed E-state index contributed by atoms with van der Waals surface area (Å²) >= 11 is 0. The summed E-state index contributed by atoms with van der Waals surface area (Å²) in [6, 6.07) is 0. The average Bonchev–Trinajstić information content (AvgIpc) is 2.91. The lowest BCUT2D eigenvalue weighted by molar-refractivity contribution is -0.162. The van der Waals surface area contributed by atoms with Gasteiger partial charge < -0.3 is 5.11 Å². The van der Waals surface area contributed by atoms with Crippen LogP contribution in [0.4, 0.5) is 0 Å². The van der Waals surface area contributed by atoms with E-state index < -0.39 is 5.60 Å². The predicted molar refractivity (Wildman–Crippen MR) is 106 cm³/mol. The van der Waals surface area contributed by atoms with Crippen LogP contribution >= 0.6 is 0 Å². The maximum atomic E-state index is 11.8. The van der Waals surface area contributed by atoms with Crippen LogP contribution in [0, 0.1) is 40.4 Å². The van der Waals surface area contributed by atoms with Gasteiger partial charge in [0.15, 0.2) is 0 Å². The van der Waals surface area contributed by atoms with Crippen molar-refractivity contribution in [2.24, 2.45) is 40.4 Å². The van der Waals surface area contributed by atoms with Crippen molar-refractivity contribution in [3.8, 4) is 0 Å². The van der Waals surface area contributed by atoms with E-state index in [1.807, 2.05) is 6.08 Å². The van der Waals surface area contributed by atoms with Crippen LogP contribution in [-0.4, -0.2) is 17.0 Å². The van der Waals surface area contributed by atoms with Gasteiger partial charge in [0, 0.05) is 5.92 Å². The molecule has 4 saturated carbocycles. The Morgan fingerprint density at radius 3 is 2.50 bits per heavy atom. The first-order chi connectivity index (χ1) is 12.4. The van der Waals surface area contributed by atoms with Crippen molar-refractivity contribution >= 4 is 6.29 Å². The fraction of sp³-hybridized carbons (Fsp3) is 0.875. The van der Waals surface area contributed by atoms with E-state index in [1.54, 1.807) is 6.08 Å². The topological polar surface area (TPSA) is 37.3 Å². The molecule has 0 heterocycles. The lowest BCUT2D eigenvalue weighted by Gasteiger charge is -2.61. The van der Waals surface area contributed by atoms with E-state index >= 15 is 0 Å². The van der Waals surface area contributed by atoms with Crippen molar-refractivity contribution < 1.29 is 9.90 Å². The fourth-order valence-corrected chi connectivity index (χ4v) is 8.47. The molecule has 1 unspecified atom stereocenters. The molecule has 1 N–H and O–H groups in total. The molecule has 0 aromatic heterocycles. The zero-order valence-electron chi connectivity index (χ0n) is 17.0. The number of fused-ring (bicyclic) bond motifs is 5. The Balaban J connectivity index is 1.62. The third-order valence-electron chi connectivity index (χ3n) is 10.0. The van der Waals surface area contributed by atoms with Crippen molar-refractivity contribution in [1.29, 1.82) is 0 Å². The highest BCUT2D eigenvalue weighted by molar-refractivity contribution is 5.64. The van der Waals surface area contributed by atoms with Gasteiger partial charge in [0.1, 0.15) is 6.29 Å². The van der Waals surface area contributed by atoms with Gasteiger partial charge in [-0.15, -0.1) is 0 Å². The summed E-state index contributed by atoms with van der Waals surface area (Å²) in [6.45, 7) is 7.10. The molecule has 4 aliphatic rings. The van der Waals surface area contributed by atoms with E-state index in [0.29, 0.717) is 11.3 Å². The highest BCUT2D eigenvalue weighted by atomic mass is 16.3. The fourth-order valence-electron chi connectivity index (χ4n) is 8.47. The molecule has 146 valence electrons. The van der Waals surface area contributed by atoms with Crippen LogP contribution in [0.15, 0.2) is 12.2 Å². The van der Waals surface area contributed by atoms with Crippen LogP contribution in [0.25, 0.3) is 0 Å². The van der Waals surface area contributed by atoms with Crippen LogP contribution in [-0.2, 0) is 4.79 Å². The Morgan fingerprint density at radius 2 is 1.73 bits per heavy atom. The summed E-state index contributed by atoms with van der Waals surface area (Å²) < 4.78 is 0. The van der Waals surface area contributed by atoms with Crippen molar-refractivity contribution in [1.82, 2.24) is 0 Å². The number of hydrogen-bond donors (Lipinski definition) is 1. The third-order valence-corrected chi connectivity index (χ3v) is 10.0. The summed E-state index contributed by atoms with van der Waals surface area (Å²) in [5.74, 6) is 3.36. The van der Waals surface area contributed by atoms with Crippen molar-refractivity contribution in [2.75, 3.05) is 0 Å². The average molecular weight is 359 g/mol. The maximum Gasteiger partial charge on any atom is 0.142 e. The van der Waals surface area contributed by atoms with Crippen LogP contribution < -0.4 is 0 Å². The quantitative estimate of drug-likeness (QED) is 0.531. The summed E-state index contributed by atoms with van der Waals surface area (Å²) in [5.41, 5.74) is -0.0720. The minimum atomic E-state index is -0.646. The van der Waals surface area contributed by atoms with Gasteiger partial charge in [-0.3, -0.25) is 4.79 Å². The Bertz CT molecular complexity index is 583. The summed E-state index contributed by atoms with van der Waals surface area (Å²) in [4.78, 5) is 10.8. The van der Waals surface area contributed by atoms with Crippen LogP contribution in [0.3, 0.4) is 0 Å². The normalized spacial score (nSPS) is 52.2. The van der Waals surface area contributed by atoms with Gasteiger partial charge in [0.25, 0.3) is 0 Å². The number of carbonyl (C=O) groups is 1. The highest BCUT2D eigenvalue weighted by Crippen LogP contribution is 2.69. The Morgan fingerprint density at radius 1 is 0.962 bits per heavy atom. The minimum absolute atomic E-state index is 0.0126. The Hall–Kier alpha value is -0.630. The van der Waals surface area contributed by atoms with Gasteiger partial charge in [-0.1, -0.05) is 39.7 Å². The second-order valence-corrected chi connectivity index (χ2v) is 10.6. The second kappa shape index (κ2) is 6.47. The Kier molecular flexibility index (Phi) is 4.66. The van der Waals surface area contributed by atoms with E-state index in [9.17, 15) is 9.90 Å². The molecule has 4 fully saturated rings. The lowest BCUT2D eigenvalue weighted by Crippen LogP contribution is -2.57. The highest BCUT2D eigenvalue weighted by Gasteiger charge is 2.65. The molecule has 0 amide bonds. The number of aliphatic hydroxyl groups is 1. The van der Waals surface area contributed by atoms with Crippen LogP contribution in [0.5, 0.6) is 0 Å². The minimum Gasteiger partial charge on any atom is -0.389 e. The van der Waals surface area contributed by atoms with Gasteiger partial charge in [0.2, 0.25) is 0 Å². The molecular formula is C24H38O2. The molecule has 0 radical (unpaired) electrons. The number of hydrogen-bond acceptors (Lipinski definition) is 2. The first-order valence-corrected chi connectivity index (χ1v) is 11.2. The lowest BCUT2D eigenvalue weighted by atomic mass is 9.44. The molecule has 2 nitrogen and oxygen atoms in total. The van der Waals surface area contributed by atoms with E-state index in [0.717, 1.165) is 36.9 Å². The molecule has 26 heavy (non-hydrogen) atoms. The monoisotopic (exact) mass is 358 g/mol.